The SMILES string of the molecule is CCCCOc1cc([N+](=O)[O-])c(C(C)=O)cc1CO. The standard InChI is InChI=1S/C13H17NO5/c1-3-4-5-19-13-7-12(14(17)18)11(9(2)16)6-10(13)8-15/h6-7,15H,3-5,8H2,1-2H3. The molecule has 0 aliphatic rings. The summed E-state index contributed by atoms with van der Waals surface area (Å²) in [7, 11) is 0. The zero-order valence-electron chi connectivity index (χ0n) is 11.0. The van der Waals surface area contributed by atoms with Crippen LogP contribution in [0.2, 0.25) is 0 Å². The summed E-state index contributed by atoms with van der Waals surface area (Å²) in [5.74, 6) is -0.158. The monoisotopic (exact) mass is 267 g/mol. The van der Waals surface area contributed by atoms with Crippen LogP contribution >= 0.6 is 0 Å². The third-order valence-corrected chi connectivity index (χ3v) is 2.68. The summed E-state index contributed by atoms with van der Waals surface area (Å²) >= 11 is 0. The molecule has 1 aromatic carbocycles. The molecule has 0 aliphatic heterocycles. The lowest BCUT2D eigenvalue weighted by Crippen LogP contribution is -2.06. The maximum absolute atomic E-state index is 11.4. The average molecular weight is 267 g/mol. The van der Waals surface area contributed by atoms with E-state index in [2.05, 4.69) is 0 Å². The van der Waals surface area contributed by atoms with Gasteiger partial charge in [-0.05, 0) is 19.4 Å². The Morgan fingerprint density at radius 3 is 2.63 bits per heavy atom. The summed E-state index contributed by atoms with van der Waals surface area (Å²) in [6.45, 7) is 3.33. The number of carbonyl (C=O) groups excluding carboxylic acids is 1. The number of aliphatic hydroxyl groups is 1. The van der Waals surface area contributed by atoms with Gasteiger partial charge in [0.2, 0.25) is 0 Å². The highest BCUT2D eigenvalue weighted by atomic mass is 16.6. The number of benzene rings is 1. The van der Waals surface area contributed by atoms with Crippen LogP contribution < -0.4 is 4.74 Å². The highest BCUT2D eigenvalue weighted by Crippen LogP contribution is 2.29. The lowest BCUT2D eigenvalue weighted by Gasteiger charge is -2.11. The Bertz CT molecular complexity index is 484. The first-order chi connectivity index (χ1) is 9.01. The first-order valence-electron chi connectivity index (χ1n) is 6.07. The van der Waals surface area contributed by atoms with E-state index in [1.807, 2.05) is 6.92 Å². The Kier molecular flexibility index (Phi) is 5.44. The van der Waals surface area contributed by atoms with Crippen LogP contribution in [0.15, 0.2) is 12.1 Å². The van der Waals surface area contributed by atoms with E-state index in [1.165, 1.54) is 19.1 Å². The highest BCUT2D eigenvalue weighted by Gasteiger charge is 2.21. The molecule has 0 atom stereocenters. The average Bonchev–Trinajstić information content (AvgIpc) is 2.38. The molecule has 1 aromatic rings. The highest BCUT2D eigenvalue weighted by molar-refractivity contribution is 5.98. The molecule has 1 N–H and O–H groups in total. The number of ether oxygens (including phenoxy) is 1. The largest absolute Gasteiger partial charge is 0.493 e. The van der Waals surface area contributed by atoms with Gasteiger partial charge in [0.15, 0.2) is 5.78 Å². The van der Waals surface area contributed by atoms with Gasteiger partial charge in [-0.3, -0.25) is 14.9 Å². The second-order valence-corrected chi connectivity index (χ2v) is 4.15. The number of rotatable bonds is 7. The van der Waals surface area contributed by atoms with Gasteiger partial charge in [0, 0.05) is 5.56 Å². The Morgan fingerprint density at radius 2 is 2.16 bits per heavy atom. The molecule has 1 rings (SSSR count). The molecule has 0 saturated heterocycles. The van der Waals surface area contributed by atoms with Crippen LogP contribution in [-0.2, 0) is 6.61 Å². The maximum Gasteiger partial charge on any atom is 0.283 e. The lowest BCUT2D eigenvalue weighted by atomic mass is 10.0. The molecule has 0 saturated carbocycles. The van der Waals surface area contributed by atoms with Crippen molar-refractivity contribution in [1.29, 1.82) is 0 Å². The molecule has 6 nitrogen and oxygen atoms in total. The number of ketones is 1. The van der Waals surface area contributed by atoms with E-state index < -0.39 is 10.7 Å². The van der Waals surface area contributed by atoms with Crippen LogP contribution in [0.5, 0.6) is 5.75 Å². The fourth-order valence-electron chi connectivity index (χ4n) is 1.63. The van der Waals surface area contributed by atoms with Gasteiger partial charge in [0.05, 0.1) is 29.8 Å². The van der Waals surface area contributed by atoms with Crippen LogP contribution in [0.4, 0.5) is 5.69 Å². The van der Waals surface area contributed by atoms with E-state index in [1.54, 1.807) is 0 Å². The van der Waals surface area contributed by atoms with Gasteiger partial charge < -0.3 is 9.84 Å². The molecular weight excluding hydrogens is 250 g/mol. The molecule has 6 heteroatoms. The Balaban J connectivity index is 3.19. The second-order valence-electron chi connectivity index (χ2n) is 4.15. The van der Waals surface area contributed by atoms with Crippen molar-refractivity contribution in [1.82, 2.24) is 0 Å². The van der Waals surface area contributed by atoms with Gasteiger partial charge in [-0.2, -0.15) is 0 Å². The van der Waals surface area contributed by atoms with Crippen molar-refractivity contribution < 1.29 is 19.6 Å². The molecule has 0 bridgehead atoms. The number of aliphatic hydroxyl groups excluding tert-OH is 1. The van der Waals surface area contributed by atoms with Crippen LogP contribution in [0, 0.1) is 10.1 Å². The van der Waals surface area contributed by atoms with Crippen molar-refractivity contribution >= 4 is 11.5 Å². The Hall–Kier alpha value is -1.95. The van der Waals surface area contributed by atoms with Gasteiger partial charge >= 0.3 is 0 Å². The van der Waals surface area contributed by atoms with Crippen LogP contribution in [0.3, 0.4) is 0 Å². The predicted octanol–water partition coefficient (Wildman–Crippen LogP) is 2.47. The molecule has 0 heterocycles. The number of hydrogen-bond donors (Lipinski definition) is 1. The quantitative estimate of drug-likeness (QED) is 0.355. The number of carbonyl (C=O) groups is 1. The summed E-state index contributed by atoms with van der Waals surface area (Å²) in [6, 6.07) is 2.53. The van der Waals surface area contributed by atoms with Crippen molar-refractivity contribution in [2.45, 2.75) is 33.3 Å². The number of unbranched alkanes of at least 4 members (excludes halogenated alkanes) is 1. The van der Waals surface area contributed by atoms with Crippen LogP contribution in [-0.4, -0.2) is 22.4 Å². The minimum atomic E-state index is -0.620. The van der Waals surface area contributed by atoms with Gasteiger partial charge in [0.25, 0.3) is 5.69 Å². The molecule has 0 aromatic heterocycles. The molecule has 0 fully saturated rings. The summed E-state index contributed by atoms with van der Waals surface area (Å²) in [5.41, 5.74) is 0.0694. The molecule has 0 unspecified atom stereocenters. The van der Waals surface area contributed by atoms with E-state index in [0.717, 1.165) is 12.8 Å². The number of nitro groups is 1. The maximum atomic E-state index is 11.4. The number of Topliss-reactive ketones (excluding diaryl/α,β-unsaturated/α-hetero) is 1. The van der Waals surface area contributed by atoms with E-state index in [-0.39, 0.29) is 23.6 Å². The predicted molar refractivity (Wildman–Crippen MR) is 69.4 cm³/mol. The number of nitro benzene ring substituents is 1. The smallest absolute Gasteiger partial charge is 0.283 e. The van der Waals surface area contributed by atoms with Crippen molar-refractivity contribution in [3.05, 3.63) is 33.4 Å². The fourth-order valence-corrected chi connectivity index (χ4v) is 1.63. The minimum Gasteiger partial charge on any atom is -0.493 e. The second kappa shape index (κ2) is 6.84. The topological polar surface area (TPSA) is 89.7 Å². The molecule has 104 valence electrons. The van der Waals surface area contributed by atoms with Crippen LogP contribution in [0.1, 0.15) is 42.6 Å². The van der Waals surface area contributed by atoms with E-state index in [9.17, 15) is 20.0 Å². The normalized spacial score (nSPS) is 10.3. The molecule has 0 aliphatic carbocycles. The van der Waals surface area contributed by atoms with Crippen molar-refractivity contribution in [2.75, 3.05) is 6.61 Å². The third kappa shape index (κ3) is 3.75. The van der Waals surface area contributed by atoms with Gasteiger partial charge in [-0.25, -0.2) is 0 Å². The van der Waals surface area contributed by atoms with E-state index in [4.69, 9.17) is 4.74 Å². The summed E-state index contributed by atoms with van der Waals surface area (Å²) in [5, 5.41) is 20.2. The van der Waals surface area contributed by atoms with Gasteiger partial charge in [0.1, 0.15) is 5.75 Å². The van der Waals surface area contributed by atoms with Crippen molar-refractivity contribution in [2.24, 2.45) is 0 Å². The molecule has 0 amide bonds. The van der Waals surface area contributed by atoms with Crippen LogP contribution in [0.25, 0.3) is 0 Å². The van der Waals surface area contributed by atoms with Gasteiger partial charge in [-0.15, -0.1) is 0 Å². The lowest BCUT2D eigenvalue weighted by molar-refractivity contribution is -0.385. The zero-order valence-corrected chi connectivity index (χ0v) is 11.0. The Labute approximate surface area is 111 Å². The summed E-state index contributed by atoms with van der Waals surface area (Å²) in [4.78, 5) is 21.7. The number of nitrogens with zero attached hydrogens (tertiary/aromatic N) is 1. The molecule has 19 heavy (non-hydrogen) atoms. The van der Waals surface area contributed by atoms with E-state index in [0.29, 0.717) is 12.2 Å². The number of hydrogen-bond acceptors (Lipinski definition) is 5. The van der Waals surface area contributed by atoms with Crippen molar-refractivity contribution in [3.63, 3.8) is 0 Å². The first kappa shape index (κ1) is 15.1. The zero-order chi connectivity index (χ0) is 14.4. The molecular formula is C13H17NO5. The molecule has 0 spiro atoms. The van der Waals surface area contributed by atoms with Crippen molar-refractivity contribution in [3.8, 4) is 5.75 Å². The Morgan fingerprint density at radius 1 is 1.47 bits per heavy atom. The summed E-state index contributed by atoms with van der Waals surface area (Å²) < 4.78 is 5.42. The fraction of sp³-hybridized carbons (Fsp3) is 0.462. The summed E-state index contributed by atoms with van der Waals surface area (Å²) in [6.07, 6.45) is 1.75. The molecule has 0 radical (unpaired) electrons. The van der Waals surface area contributed by atoms with Gasteiger partial charge in [-0.1, -0.05) is 13.3 Å². The third-order valence-electron chi connectivity index (χ3n) is 2.68. The first-order valence-corrected chi connectivity index (χ1v) is 6.07. The van der Waals surface area contributed by atoms with E-state index >= 15 is 0 Å². The minimum absolute atomic E-state index is 0.0168.